The van der Waals surface area contributed by atoms with E-state index in [1.54, 1.807) is 0 Å². The van der Waals surface area contributed by atoms with E-state index in [2.05, 4.69) is 5.32 Å². The van der Waals surface area contributed by atoms with Gasteiger partial charge < -0.3 is 15.5 Å². The van der Waals surface area contributed by atoms with Crippen LogP contribution in [0, 0.1) is 0 Å². The van der Waals surface area contributed by atoms with Crippen LogP contribution in [0.15, 0.2) is 0 Å². The quantitative estimate of drug-likeness (QED) is 0.424. The molecule has 0 radical (unpaired) electrons. The molecule has 0 aromatic carbocycles. The molecule has 1 aliphatic rings. The van der Waals surface area contributed by atoms with Crippen molar-refractivity contribution in [2.75, 3.05) is 13.1 Å². The van der Waals surface area contributed by atoms with Gasteiger partial charge in [-0.1, -0.05) is 0 Å². The minimum absolute atomic E-state index is 0. The smallest absolute Gasteiger partial charge is 0.0689 e. The second kappa shape index (κ2) is 4.06. The van der Waals surface area contributed by atoms with Crippen molar-refractivity contribution in [1.82, 2.24) is 5.32 Å². The van der Waals surface area contributed by atoms with Crippen molar-refractivity contribution in [3.8, 4) is 0 Å². The van der Waals surface area contributed by atoms with Crippen LogP contribution in [-0.2, 0) is 0 Å². The molecule has 4 heteroatoms. The zero-order valence-electron chi connectivity index (χ0n) is 5.08. The molecule has 0 saturated carbocycles. The van der Waals surface area contributed by atoms with Crippen molar-refractivity contribution in [2.45, 2.75) is 18.6 Å². The van der Waals surface area contributed by atoms with Crippen LogP contribution in [0.3, 0.4) is 0 Å². The van der Waals surface area contributed by atoms with Gasteiger partial charge in [0.05, 0.1) is 12.2 Å². The van der Waals surface area contributed by atoms with Crippen molar-refractivity contribution < 1.29 is 10.2 Å². The van der Waals surface area contributed by atoms with Crippen LogP contribution in [0.1, 0.15) is 6.42 Å². The molecule has 0 aromatic rings. The lowest BCUT2D eigenvalue weighted by molar-refractivity contribution is 0.0529. The van der Waals surface area contributed by atoms with E-state index in [9.17, 15) is 0 Å². The molecule has 0 spiro atoms. The first-order valence-corrected chi connectivity index (χ1v) is 2.86. The molecule has 2 atom stereocenters. The summed E-state index contributed by atoms with van der Waals surface area (Å²) in [6.45, 7) is 1.24. The summed E-state index contributed by atoms with van der Waals surface area (Å²) in [5.41, 5.74) is 0. The Bertz CT molecular complexity index is 73.4. The predicted octanol–water partition coefficient (Wildman–Crippen LogP) is -0.877. The summed E-state index contributed by atoms with van der Waals surface area (Å²) in [7, 11) is 0. The summed E-state index contributed by atoms with van der Waals surface area (Å²) in [5.74, 6) is 0. The Morgan fingerprint density at radius 2 is 1.56 bits per heavy atom. The third-order valence-electron chi connectivity index (χ3n) is 1.30. The van der Waals surface area contributed by atoms with E-state index in [1.165, 1.54) is 0 Å². The lowest BCUT2D eigenvalue weighted by atomic mass is 10.1. The average molecular weight is 154 g/mol. The lowest BCUT2D eigenvalue weighted by Crippen LogP contribution is -2.42. The average Bonchev–Trinajstić information content (AvgIpc) is 1.64. The molecule has 0 aromatic heterocycles. The van der Waals surface area contributed by atoms with Crippen molar-refractivity contribution in [2.24, 2.45) is 0 Å². The van der Waals surface area contributed by atoms with Crippen LogP contribution in [-0.4, -0.2) is 35.5 Å². The molecule has 3 nitrogen and oxygen atoms in total. The van der Waals surface area contributed by atoms with Crippen LogP contribution in [0.5, 0.6) is 0 Å². The van der Waals surface area contributed by atoms with E-state index in [-0.39, 0.29) is 24.6 Å². The van der Waals surface area contributed by atoms with Gasteiger partial charge in [-0.15, -0.1) is 12.4 Å². The van der Waals surface area contributed by atoms with Gasteiger partial charge in [0.25, 0.3) is 0 Å². The maximum Gasteiger partial charge on any atom is 0.0689 e. The Morgan fingerprint density at radius 3 is 1.78 bits per heavy atom. The summed E-state index contributed by atoms with van der Waals surface area (Å²) in [6.07, 6.45) is -0.176. The van der Waals surface area contributed by atoms with Gasteiger partial charge in [-0.2, -0.15) is 0 Å². The van der Waals surface area contributed by atoms with E-state index in [0.29, 0.717) is 19.5 Å². The summed E-state index contributed by atoms with van der Waals surface area (Å²) in [4.78, 5) is 0. The molecule has 3 N–H and O–H groups in total. The van der Waals surface area contributed by atoms with Crippen molar-refractivity contribution in [3.63, 3.8) is 0 Å². The van der Waals surface area contributed by atoms with Gasteiger partial charge in [-0.05, 0) is 0 Å². The summed E-state index contributed by atoms with van der Waals surface area (Å²) >= 11 is 0. The van der Waals surface area contributed by atoms with E-state index in [4.69, 9.17) is 10.2 Å². The third-order valence-corrected chi connectivity index (χ3v) is 1.30. The molecule has 1 heterocycles. The van der Waals surface area contributed by atoms with Crippen molar-refractivity contribution in [1.29, 1.82) is 0 Å². The number of halogens is 1. The normalized spacial score (nSPS) is 35.3. The molecule has 1 fully saturated rings. The van der Waals surface area contributed by atoms with E-state index >= 15 is 0 Å². The molecule has 0 unspecified atom stereocenters. The standard InChI is InChI=1S/C5H11NO2.ClH/c7-4-1-5(8)3-6-2-4;/h4-8H,1-3H2;1H/t4-,5-;/m1./s1. The SMILES string of the molecule is Cl.O[C@H]1CNC[C@H](O)C1. The first kappa shape index (κ1) is 9.17. The number of nitrogens with one attached hydrogen (secondary N) is 1. The number of β-amino-alcohol motifs (C(OH)–C–C–N with tert-alkyl or cyclic N) is 2. The fourth-order valence-corrected chi connectivity index (χ4v) is 0.897. The highest BCUT2D eigenvalue weighted by molar-refractivity contribution is 5.85. The maximum absolute atomic E-state index is 8.86. The molecule has 9 heavy (non-hydrogen) atoms. The zero-order valence-corrected chi connectivity index (χ0v) is 5.90. The van der Waals surface area contributed by atoms with Gasteiger partial charge in [0, 0.05) is 19.5 Å². The van der Waals surface area contributed by atoms with Gasteiger partial charge in [-0.3, -0.25) is 0 Å². The van der Waals surface area contributed by atoms with Crippen LogP contribution in [0.25, 0.3) is 0 Å². The molecule has 0 bridgehead atoms. The van der Waals surface area contributed by atoms with E-state index < -0.39 is 0 Å². The van der Waals surface area contributed by atoms with Crippen molar-refractivity contribution >= 4 is 12.4 Å². The molecule has 0 amide bonds. The number of hydrogen-bond donors (Lipinski definition) is 3. The minimum atomic E-state index is -0.348. The van der Waals surface area contributed by atoms with Gasteiger partial charge in [0.2, 0.25) is 0 Å². The monoisotopic (exact) mass is 153 g/mol. The van der Waals surface area contributed by atoms with Gasteiger partial charge in [0.1, 0.15) is 0 Å². The third kappa shape index (κ3) is 3.01. The van der Waals surface area contributed by atoms with Crippen LogP contribution >= 0.6 is 12.4 Å². The van der Waals surface area contributed by atoms with Gasteiger partial charge in [-0.25, -0.2) is 0 Å². The summed E-state index contributed by atoms with van der Waals surface area (Å²) in [6, 6.07) is 0. The van der Waals surface area contributed by atoms with Crippen LogP contribution < -0.4 is 5.32 Å². The summed E-state index contributed by atoms with van der Waals surface area (Å²) in [5, 5.41) is 20.6. The number of hydrogen-bond acceptors (Lipinski definition) is 3. The highest BCUT2D eigenvalue weighted by Gasteiger charge is 2.16. The van der Waals surface area contributed by atoms with Crippen LogP contribution in [0.4, 0.5) is 0 Å². The number of aliphatic hydroxyl groups excluding tert-OH is 2. The molecule has 1 aliphatic heterocycles. The summed E-state index contributed by atoms with van der Waals surface area (Å²) < 4.78 is 0. The first-order valence-electron chi connectivity index (χ1n) is 2.86. The lowest BCUT2D eigenvalue weighted by Gasteiger charge is -2.22. The number of aliphatic hydroxyl groups is 2. The van der Waals surface area contributed by atoms with Gasteiger partial charge >= 0.3 is 0 Å². The molecular weight excluding hydrogens is 142 g/mol. The Morgan fingerprint density at radius 1 is 1.11 bits per heavy atom. The molecule has 1 saturated heterocycles. The largest absolute Gasteiger partial charge is 0.392 e. The first-order chi connectivity index (χ1) is 3.79. The Kier molecular flexibility index (Phi) is 4.14. The Hall–Kier alpha value is 0.170. The predicted molar refractivity (Wildman–Crippen MR) is 36.7 cm³/mol. The molecule has 0 aliphatic carbocycles. The zero-order chi connectivity index (χ0) is 5.98. The highest BCUT2D eigenvalue weighted by Crippen LogP contribution is 2.00. The van der Waals surface area contributed by atoms with Crippen molar-refractivity contribution in [3.05, 3.63) is 0 Å². The Labute approximate surface area is 60.5 Å². The highest BCUT2D eigenvalue weighted by atomic mass is 35.5. The molecule has 56 valence electrons. The minimum Gasteiger partial charge on any atom is -0.392 e. The topological polar surface area (TPSA) is 52.5 Å². The fraction of sp³-hybridized carbons (Fsp3) is 1.00. The Balaban J connectivity index is 0.000000640. The second-order valence-corrected chi connectivity index (χ2v) is 2.20. The van der Waals surface area contributed by atoms with E-state index in [0.717, 1.165) is 0 Å². The molecule has 1 rings (SSSR count). The second-order valence-electron chi connectivity index (χ2n) is 2.20. The fourth-order valence-electron chi connectivity index (χ4n) is 0.897. The molecular formula is C5H12ClNO2. The number of rotatable bonds is 0. The maximum atomic E-state index is 8.86. The van der Waals surface area contributed by atoms with Gasteiger partial charge in [0.15, 0.2) is 0 Å². The number of piperidine rings is 1. The van der Waals surface area contributed by atoms with Crippen LogP contribution in [0.2, 0.25) is 0 Å². The van der Waals surface area contributed by atoms with E-state index in [1.807, 2.05) is 0 Å².